The van der Waals surface area contributed by atoms with E-state index >= 15 is 0 Å². The minimum absolute atomic E-state index is 0. The number of hydrogen-bond acceptors (Lipinski definition) is 0. The molecular weight excluding hydrogens is 216 g/mol. The third-order valence-electron chi connectivity index (χ3n) is 2.02. The second-order valence-electron chi connectivity index (χ2n) is 4.86. The highest BCUT2D eigenvalue weighted by Gasteiger charge is 1.80. The molecule has 0 aromatic heterocycles. The van der Waals surface area contributed by atoms with E-state index in [1.807, 2.05) is 0 Å². The standard InChI is InChI=1S/2C5H12.C4H10.C3H8.CH4/c1-4-5(2)3;1-3-5-4-2;1-3-4-2;1-3-2;/h5H,4H2,1-3H3;3-5H2,1-2H3;3-4H2,1-2H3;3H2,1-2H3;1H4. The third-order valence-corrected chi connectivity index (χ3v) is 2.02. The van der Waals surface area contributed by atoms with E-state index in [-0.39, 0.29) is 7.43 Å². The molecule has 0 aromatic rings. The summed E-state index contributed by atoms with van der Waals surface area (Å²) in [5, 5.41) is 0. The van der Waals surface area contributed by atoms with Crippen molar-refractivity contribution in [3.8, 4) is 0 Å². The van der Waals surface area contributed by atoms with Crippen molar-refractivity contribution in [3.63, 3.8) is 0 Å². The summed E-state index contributed by atoms with van der Waals surface area (Å²) in [6.45, 7) is 19.7. The molecule has 0 nitrogen and oxygen atoms in total. The van der Waals surface area contributed by atoms with Gasteiger partial charge in [-0.25, -0.2) is 0 Å². The van der Waals surface area contributed by atoms with Gasteiger partial charge in [-0.1, -0.05) is 115 Å². The van der Waals surface area contributed by atoms with Gasteiger partial charge in [0.25, 0.3) is 0 Å². The zero-order valence-corrected chi connectivity index (χ0v) is 14.5. The van der Waals surface area contributed by atoms with Gasteiger partial charge >= 0.3 is 0 Å². The Morgan fingerprint density at radius 3 is 0.833 bits per heavy atom. The molecular formula is C18H46. The summed E-state index contributed by atoms with van der Waals surface area (Å²) in [5.41, 5.74) is 0. The van der Waals surface area contributed by atoms with E-state index in [0.29, 0.717) is 0 Å². The molecule has 0 heterocycles. The fraction of sp³-hybridized carbons (Fsp3) is 1.00. The molecule has 0 aromatic carbocycles. The summed E-state index contributed by atoms with van der Waals surface area (Å²) in [6.07, 6.45) is 9.27. The average Bonchev–Trinajstić information content (AvgIpc) is 2.32. The molecule has 0 fully saturated rings. The molecule has 0 atom stereocenters. The second-order valence-corrected chi connectivity index (χ2v) is 4.86. The third kappa shape index (κ3) is 144. The lowest BCUT2D eigenvalue weighted by atomic mass is 10.2. The normalized spacial score (nSPS) is 7.67. The quantitative estimate of drug-likeness (QED) is 0.480. The van der Waals surface area contributed by atoms with E-state index in [1.165, 1.54) is 44.9 Å². The van der Waals surface area contributed by atoms with Crippen LogP contribution in [0, 0.1) is 5.92 Å². The molecule has 0 aliphatic rings. The van der Waals surface area contributed by atoms with Gasteiger partial charge in [0, 0.05) is 0 Å². The number of hydrogen-bond donors (Lipinski definition) is 0. The van der Waals surface area contributed by atoms with E-state index in [0.717, 1.165) is 5.92 Å². The Balaban J connectivity index is -0.0000000417. The average molecular weight is 263 g/mol. The highest BCUT2D eigenvalue weighted by atomic mass is 13.9. The maximum absolute atomic E-state index is 2.22. The predicted octanol–water partition coefficient (Wildman–Crippen LogP) is 8.11. The Morgan fingerprint density at radius 1 is 0.611 bits per heavy atom. The predicted molar refractivity (Wildman–Crippen MR) is 93.6 cm³/mol. The Kier molecular flexibility index (Phi) is 74.4. The Bertz CT molecular complexity index is 60.4. The van der Waals surface area contributed by atoms with Gasteiger partial charge in [-0.05, 0) is 5.92 Å². The lowest BCUT2D eigenvalue weighted by molar-refractivity contribution is 0.626. The van der Waals surface area contributed by atoms with Crippen LogP contribution in [0.2, 0.25) is 0 Å². The minimum atomic E-state index is 0. The van der Waals surface area contributed by atoms with Crippen molar-refractivity contribution >= 4 is 0 Å². The molecule has 0 heteroatoms. The van der Waals surface area contributed by atoms with Crippen molar-refractivity contribution in [1.29, 1.82) is 0 Å². The lowest BCUT2D eigenvalue weighted by Gasteiger charge is -1.90. The largest absolute Gasteiger partial charge is 0.0776 e. The van der Waals surface area contributed by atoms with Crippen LogP contribution < -0.4 is 0 Å². The summed E-state index contributed by atoms with van der Waals surface area (Å²) < 4.78 is 0. The first-order valence-electron chi connectivity index (χ1n) is 8.01. The van der Waals surface area contributed by atoms with Gasteiger partial charge in [-0.2, -0.15) is 0 Å². The van der Waals surface area contributed by atoms with Crippen molar-refractivity contribution in [2.24, 2.45) is 5.92 Å². The van der Waals surface area contributed by atoms with Crippen molar-refractivity contribution < 1.29 is 0 Å². The second kappa shape index (κ2) is 43.5. The highest BCUT2D eigenvalue weighted by molar-refractivity contribution is 4.32. The van der Waals surface area contributed by atoms with Gasteiger partial charge in [0.2, 0.25) is 0 Å². The maximum atomic E-state index is 2.22. The van der Waals surface area contributed by atoms with Crippen LogP contribution in [0.3, 0.4) is 0 Å². The minimum Gasteiger partial charge on any atom is -0.0776 e. The Labute approximate surface area is 121 Å². The van der Waals surface area contributed by atoms with E-state index in [4.69, 9.17) is 0 Å². The summed E-state index contributed by atoms with van der Waals surface area (Å²) in [5.74, 6) is 0.884. The van der Waals surface area contributed by atoms with Gasteiger partial charge < -0.3 is 0 Å². The smallest absolute Gasteiger partial charge is 0.0474 e. The Morgan fingerprint density at radius 2 is 0.833 bits per heavy atom. The molecule has 0 amide bonds. The first-order chi connectivity index (χ1) is 8.01. The van der Waals surface area contributed by atoms with E-state index in [2.05, 4.69) is 62.3 Å². The Hall–Kier alpha value is 0. The molecule has 0 unspecified atom stereocenters. The molecule has 0 saturated carbocycles. The van der Waals surface area contributed by atoms with E-state index < -0.39 is 0 Å². The summed E-state index contributed by atoms with van der Waals surface area (Å²) >= 11 is 0. The van der Waals surface area contributed by atoms with Gasteiger partial charge in [-0.15, -0.1) is 0 Å². The van der Waals surface area contributed by atoms with Crippen molar-refractivity contribution in [2.45, 2.75) is 115 Å². The summed E-state index contributed by atoms with van der Waals surface area (Å²) in [4.78, 5) is 0. The number of rotatable bonds is 4. The van der Waals surface area contributed by atoms with Crippen LogP contribution >= 0.6 is 0 Å². The zero-order chi connectivity index (χ0) is 14.5. The zero-order valence-electron chi connectivity index (χ0n) is 14.5. The monoisotopic (exact) mass is 262 g/mol. The topological polar surface area (TPSA) is 0 Å². The molecule has 0 rings (SSSR count). The first kappa shape index (κ1) is 30.8. The fourth-order valence-electron chi connectivity index (χ4n) is 0.354. The maximum Gasteiger partial charge on any atom is -0.0474 e. The van der Waals surface area contributed by atoms with Crippen molar-refractivity contribution in [3.05, 3.63) is 0 Å². The molecule has 0 saturated heterocycles. The number of unbranched alkanes of at least 4 members (excludes halogenated alkanes) is 3. The molecule has 0 aliphatic heterocycles. The molecule has 0 bridgehead atoms. The molecule has 18 heavy (non-hydrogen) atoms. The molecule has 118 valence electrons. The van der Waals surface area contributed by atoms with Crippen LogP contribution in [0.4, 0.5) is 0 Å². The van der Waals surface area contributed by atoms with Crippen LogP contribution in [0.25, 0.3) is 0 Å². The van der Waals surface area contributed by atoms with Crippen LogP contribution in [-0.2, 0) is 0 Å². The van der Waals surface area contributed by atoms with Gasteiger partial charge in [-0.3, -0.25) is 0 Å². The molecule has 0 N–H and O–H groups in total. The van der Waals surface area contributed by atoms with Crippen LogP contribution in [0.5, 0.6) is 0 Å². The first-order valence-corrected chi connectivity index (χ1v) is 8.01. The van der Waals surface area contributed by atoms with Crippen LogP contribution in [0.1, 0.15) is 115 Å². The van der Waals surface area contributed by atoms with Crippen LogP contribution in [-0.4, -0.2) is 0 Å². The highest BCUT2D eigenvalue weighted by Crippen LogP contribution is 1.93. The lowest BCUT2D eigenvalue weighted by Crippen LogP contribution is -1.77. The fourth-order valence-corrected chi connectivity index (χ4v) is 0.354. The van der Waals surface area contributed by atoms with E-state index in [1.54, 1.807) is 0 Å². The summed E-state index contributed by atoms with van der Waals surface area (Å²) in [7, 11) is 0. The van der Waals surface area contributed by atoms with Gasteiger partial charge in [0.1, 0.15) is 0 Å². The van der Waals surface area contributed by atoms with Crippen molar-refractivity contribution in [1.82, 2.24) is 0 Å². The van der Waals surface area contributed by atoms with Gasteiger partial charge in [0.15, 0.2) is 0 Å². The van der Waals surface area contributed by atoms with E-state index in [9.17, 15) is 0 Å². The molecule has 0 aliphatic carbocycles. The van der Waals surface area contributed by atoms with Crippen molar-refractivity contribution in [2.75, 3.05) is 0 Å². The summed E-state index contributed by atoms with van der Waals surface area (Å²) in [6, 6.07) is 0. The van der Waals surface area contributed by atoms with Gasteiger partial charge in [0.05, 0.1) is 0 Å². The van der Waals surface area contributed by atoms with Crippen LogP contribution in [0.15, 0.2) is 0 Å². The SMILES string of the molecule is C.CCC.CCC(C)C.CCCC.CCCCC. The molecule has 0 radical (unpaired) electrons. The molecule has 0 spiro atoms.